The molecule has 64 valence electrons. The molecule has 0 saturated carbocycles. The molecule has 0 atom stereocenters. The van der Waals surface area contributed by atoms with Crippen LogP contribution in [0.1, 0.15) is 16.3 Å². The van der Waals surface area contributed by atoms with Crippen molar-refractivity contribution in [2.75, 3.05) is 0 Å². The number of aliphatic carboxylic acids is 1. The van der Waals surface area contributed by atoms with E-state index in [1.807, 2.05) is 0 Å². The zero-order chi connectivity index (χ0) is 9.14. The van der Waals surface area contributed by atoms with E-state index >= 15 is 0 Å². The lowest BCUT2D eigenvalue weighted by Gasteiger charge is -1.89. The average molecular weight is 169 g/mol. The maximum absolute atomic E-state index is 10.5. The molecule has 1 amide bonds. The van der Waals surface area contributed by atoms with Gasteiger partial charge in [0.15, 0.2) is 5.76 Å². The first-order valence-corrected chi connectivity index (χ1v) is 3.20. The van der Waals surface area contributed by atoms with Gasteiger partial charge in [0.1, 0.15) is 12.2 Å². The van der Waals surface area contributed by atoms with E-state index in [4.69, 9.17) is 15.3 Å². The predicted molar refractivity (Wildman–Crippen MR) is 38.6 cm³/mol. The van der Waals surface area contributed by atoms with Crippen molar-refractivity contribution in [1.29, 1.82) is 0 Å². The van der Waals surface area contributed by atoms with Gasteiger partial charge in [-0.15, -0.1) is 0 Å². The first kappa shape index (κ1) is 8.32. The van der Waals surface area contributed by atoms with E-state index in [-0.39, 0.29) is 17.9 Å². The molecule has 5 nitrogen and oxygen atoms in total. The third-order valence-corrected chi connectivity index (χ3v) is 1.23. The average Bonchev–Trinajstić information content (AvgIpc) is 2.34. The number of nitrogens with two attached hydrogens (primary N) is 1. The number of hydrogen-bond acceptors (Lipinski definition) is 3. The Morgan fingerprint density at radius 1 is 1.50 bits per heavy atom. The largest absolute Gasteiger partial charge is 0.481 e. The molecule has 1 aromatic heterocycles. The van der Waals surface area contributed by atoms with Crippen LogP contribution in [0.15, 0.2) is 16.5 Å². The molecule has 0 spiro atoms. The molecule has 5 heteroatoms. The SMILES string of the molecule is NC(=O)c1ccc(CC(=O)O)o1. The van der Waals surface area contributed by atoms with Crippen LogP contribution in [0.2, 0.25) is 0 Å². The summed E-state index contributed by atoms with van der Waals surface area (Å²) in [6.07, 6.45) is -0.243. The van der Waals surface area contributed by atoms with Crippen LogP contribution in [0, 0.1) is 0 Å². The van der Waals surface area contributed by atoms with Crippen molar-refractivity contribution in [1.82, 2.24) is 0 Å². The third-order valence-electron chi connectivity index (χ3n) is 1.23. The van der Waals surface area contributed by atoms with Crippen molar-refractivity contribution in [3.63, 3.8) is 0 Å². The summed E-state index contributed by atoms with van der Waals surface area (Å²) >= 11 is 0. The topological polar surface area (TPSA) is 93.5 Å². The molecule has 0 bridgehead atoms. The summed E-state index contributed by atoms with van der Waals surface area (Å²) in [5.41, 5.74) is 4.88. The zero-order valence-corrected chi connectivity index (χ0v) is 6.11. The number of hydrogen-bond donors (Lipinski definition) is 2. The van der Waals surface area contributed by atoms with Gasteiger partial charge >= 0.3 is 5.97 Å². The standard InChI is InChI=1S/C7H7NO4/c8-7(11)5-2-1-4(12-5)3-6(9)10/h1-2H,3H2,(H2,8,11)(H,9,10). The highest BCUT2D eigenvalue weighted by atomic mass is 16.4. The molecular weight excluding hydrogens is 162 g/mol. The molecule has 0 unspecified atom stereocenters. The number of rotatable bonds is 3. The van der Waals surface area contributed by atoms with Crippen LogP contribution in [0.5, 0.6) is 0 Å². The maximum atomic E-state index is 10.5. The van der Waals surface area contributed by atoms with Crippen molar-refractivity contribution in [2.45, 2.75) is 6.42 Å². The van der Waals surface area contributed by atoms with Crippen LogP contribution >= 0.6 is 0 Å². The second kappa shape index (κ2) is 3.08. The Hall–Kier alpha value is -1.78. The summed E-state index contributed by atoms with van der Waals surface area (Å²) in [5.74, 6) is -1.52. The van der Waals surface area contributed by atoms with E-state index in [1.165, 1.54) is 12.1 Å². The summed E-state index contributed by atoms with van der Waals surface area (Å²) < 4.78 is 4.80. The Labute approximate surface area is 67.8 Å². The van der Waals surface area contributed by atoms with Crippen molar-refractivity contribution in [2.24, 2.45) is 5.73 Å². The lowest BCUT2D eigenvalue weighted by molar-refractivity contribution is -0.136. The smallest absolute Gasteiger partial charge is 0.311 e. The number of carbonyl (C=O) groups excluding carboxylic acids is 1. The van der Waals surface area contributed by atoms with Crippen molar-refractivity contribution < 1.29 is 19.1 Å². The predicted octanol–water partition coefficient (Wildman–Crippen LogP) is 0.00560. The molecular formula is C7H7NO4. The fourth-order valence-electron chi connectivity index (χ4n) is 0.754. The Balaban J connectivity index is 2.77. The minimum Gasteiger partial charge on any atom is -0.481 e. The number of amides is 1. The molecule has 1 rings (SSSR count). The minimum atomic E-state index is -1.01. The Morgan fingerprint density at radius 2 is 2.17 bits per heavy atom. The molecule has 0 saturated heterocycles. The van der Waals surface area contributed by atoms with Gasteiger partial charge < -0.3 is 15.3 Å². The highest BCUT2D eigenvalue weighted by Gasteiger charge is 2.08. The summed E-state index contributed by atoms with van der Waals surface area (Å²) in [6.45, 7) is 0. The highest BCUT2D eigenvalue weighted by Crippen LogP contribution is 2.07. The fraction of sp³-hybridized carbons (Fsp3) is 0.143. The van der Waals surface area contributed by atoms with E-state index in [1.54, 1.807) is 0 Å². The van der Waals surface area contributed by atoms with E-state index in [2.05, 4.69) is 0 Å². The van der Waals surface area contributed by atoms with Crippen molar-refractivity contribution >= 4 is 11.9 Å². The first-order valence-electron chi connectivity index (χ1n) is 3.20. The maximum Gasteiger partial charge on any atom is 0.311 e. The van der Waals surface area contributed by atoms with E-state index in [0.717, 1.165) is 0 Å². The normalized spacial score (nSPS) is 9.67. The van der Waals surface area contributed by atoms with Crippen molar-refractivity contribution in [3.8, 4) is 0 Å². The van der Waals surface area contributed by atoms with E-state index < -0.39 is 11.9 Å². The van der Waals surface area contributed by atoms with Crippen LogP contribution in [0.3, 0.4) is 0 Å². The lowest BCUT2D eigenvalue weighted by atomic mass is 10.3. The molecule has 0 aliphatic heterocycles. The molecule has 1 heterocycles. The number of carboxylic acid groups (broad SMARTS) is 1. The molecule has 0 aliphatic rings. The van der Waals surface area contributed by atoms with E-state index in [0.29, 0.717) is 0 Å². The summed E-state index contributed by atoms with van der Waals surface area (Å²) in [6, 6.07) is 2.76. The second-order valence-electron chi connectivity index (χ2n) is 2.20. The summed E-state index contributed by atoms with van der Waals surface area (Å²) in [7, 11) is 0. The van der Waals surface area contributed by atoms with Gasteiger partial charge in [-0.25, -0.2) is 0 Å². The van der Waals surface area contributed by atoms with Crippen LogP contribution in [0.25, 0.3) is 0 Å². The minimum absolute atomic E-state index is 0.0220. The van der Waals surface area contributed by atoms with E-state index in [9.17, 15) is 9.59 Å². The van der Waals surface area contributed by atoms with Gasteiger partial charge in [-0.05, 0) is 12.1 Å². The molecule has 0 aliphatic carbocycles. The zero-order valence-electron chi connectivity index (χ0n) is 6.11. The molecule has 0 aromatic carbocycles. The molecule has 3 N–H and O–H groups in total. The van der Waals surface area contributed by atoms with Crippen LogP contribution in [-0.4, -0.2) is 17.0 Å². The van der Waals surface area contributed by atoms with Gasteiger partial charge in [0.25, 0.3) is 5.91 Å². The molecule has 1 aromatic rings. The Bertz CT molecular complexity index is 315. The molecule has 12 heavy (non-hydrogen) atoms. The van der Waals surface area contributed by atoms with Gasteiger partial charge in [0.2, 0.25) is 0 Å². The number of primary amides is 1. The fourth-order valence-corrected chi connectivity index (χ4v) is 0.754. The second-order valence-corrected chi connectivity index (χ2v) is 2.20. The summed E-state index contributed by atoms with van der Waals surface area (Å²) in [5, 5.41) is 8.34. The number of carboxylic acids is 1. The first-order chi connectivity index (χ1) is 5.59. The monoisotopic (exact) mass is 169 g/mol. The van der Waals surface area contributed by atoms with Crippen molar-refractivity contribution in [3.05, 3.63) is 23.7 Å². The highest BCUT2D eigenvalue weighted by molar-refractivity contribution is 5.90. The number of furan rings is 1. The van der Waals surface area contributed by atoms with Crippen LogP contribution < -0.4 is 5.73 Å². The number of carbonyl (C=O) groups is 2. The Kier molecular flexibility index (Phi) is 2.14. The molecule has 0 fully saturated rings. The van der Waals surface area contributed by atoms with Crippen LogP contribution in [0.4, 0.5) is 0 Å². The molecule has 0 radical (unpaired) electrons. The lowest BCUT2D eigenvalue weighted by Crippen LogP contribution is -2.09. The van der Waals surface area contributed by atoms with Gasteiger partial charge in [-0.1, -0.05) is 0 Å². The van der Waals surface area contributed by atoms with Gasteiger partial charge in [-0.2, -0.15) is 0 Å². The van der Waals surface area contributed by atoms with Crippen LogP contribution in [-0.2, 0) is 11.2 Å². The van der Waals surface area contributed by atoms with Gasteiger partial charge in [0.05, 0.1) is 0 Å². The van der Waals surface area contributed by atoms with Gasteiger partial charge in [0, 0.05) is 0 Å². The Morgan fingerprint density at radius 3 is 2.58 bits per heavy atom. The third kappa shape index (κ3) is 1.85. The van der Waals surface area contributed by atoms with Gasteiger partial charge in [-0.3, -0.25) is 9.59 Å². The summed E-state index contributed by atoms with van der Waals surface area (Å²) in [4.78, 5) is 20.7. The quantitative estimate of drug-likeness (QED) is 0.666.